The Morgan fingerprint density at radius 3 is 2.36 bits per heavy atom. The Hall–Kier alpha value is -1.67. The van der Waals surface area contributed by atoms with Crippen molar-refractivity contribution in [2.75, 3.05) is 23.7 Å². The topological polar surface area (TPSA) is 61.4 Å². The molecule has 2 aromatic rings. The molecule has 1 heterocycles. The summed E-state index contributed by atoms with van der Waals surface area (Å²) in [6, 6.07) is 10.7. The zero-order valence-corrected chi connectivity index (χ0v) is 18.3. The van der Waals surface area contributed by atoms with Gasteiger partial charge in [0.2, 0.25) is 10.0 Å². The fourth-order valence-corrected chi connectivity index (χ4v) is 5.06. The van der Waals surface area contributed by atoms with Crippen molar-refractivity contribution in [3.8, 4) is 0 Å². The lowest BCUT2D eigenvalue weighted by molar-refractivity contribution is 0.346. The molecular weight excluding hydrogens is 414 g/mol. The van der Waals surface area contributed by atoms with Gasteiger partial charge in [0.1, 0.15) is 0 Å². The Labute approximate surface area is 177 Å². The fraction of sp³-hybridized carbons (Fsp3) is 0.350. The van der Waals surface area contributed by atoms with Crippen LogP contribution in [0.1, 0.15) is 30.4 Å². The maximum Gasteiger partial charge on any atom is 0.243 e. The van der Waals surface area contributed by atoms with Gasteiger partial charge in [0, 0.05) is 29.5 Å². The summed E-state index contributed by atoms with van der Waals surface area (Å²) in [5.74, 6) is 0. The molecule has 28 heavy (non-hydrogen) atoms. The maximum absolute atomic E-state index is 12.9. The van der Waals surface area contributed by atoms with Gasteiger partial charge in [-0.2, -0.15) is 4.31 Å². The van der Waals surface area contributed by atoms with E-state index in [9.17, 15) is 8.42 Å². The minimum absolute atomic E-state index is 0.281. The second kappa shape index (κ2) is 8.78. The Kier molecular flexibility index (Phi) is 6.60. The largest absolute Gasteiger partial charge is 0.332 e. The summed E-state index contributed by atoms with van der Waals surface area (Å²) in [5, 5.41) is 7.21. The van der Waals surface area contributed by atoms with E-state index in [1.807, 2.05) is 26.0 Å². The van der Waals surface area contributed by atoms with Crippen LogP contribution in [-0.4, -0.2) is 30.9 Å². The normalized spacial score (nSPS) is 15.2. The third-order valence-corrected chi connectivity index (χ3v) is 7.35. The van der Waals surface area contributed by atoms with Crippen molar-refractivity contribution in [2.24, 2.45) is 0 Å². The summed E-state index contributed by atoms with van der Waals surface area (Å²) < 4.78 is 27.4. The first-order valence-electron chi connectivity index (χ1n) is 9.22. The average Bonchev–Trinajstić information content (AvgIpc) is 2.67. The predicted molar refractivity (Wildman–Crippen MR) is 120 cm³/mol. The van der Waals surface area contributed by atoms with Crippen LogP contribution >= 0.6 is 23.8 Å². The molecular formula is C20H24ClN3O2S2. The van der Waals surface area contributed by atoms with Crippen LogP contribution in [0.5, 0.6) is 0 Å². The lowest BCUT2D eigenvalue weighted by Gasteiger charge is -2.26. The van der Waals surface area contributed by atoms with Crippen molar-refractivity contribution in [1.29, 1.82) is 0 Å². The summed E-state index contributed by atoms with van der Waals surface area (Å²) in [6.07, 6.45) is 2.89. The minimum atomic E-state index is -3.49. The summed E-state index contributed by atoms with van der Waals surface area (Å²) in [7, 11) is -3.49. The standard InChI is InChI=1S/C20H24ClN3O2S2/c1-14-6-8-16(12-18(14)21)22-20(27)23-19-13-17(9-7-15(19)2)28(25,26)24-10-4-3-5-11-24/h6-9,12-13H,3-5,10-11H2,1-2H3,(H2,22,23,27). The molecule has 8 heteroatoms. The number of hydrogen-bond acceptors (Lipinski definition) is 3. The molecule has 5 nitrogen and oxygen atoms in total. The van der Waals surface area contributed by atoms with Crippen LogP contribution in [0.25, 0.3) is 0 Å². The molecule has 0 aromatic heterocycles. The SMILES string of the molecule is Cc1ccc(NC(=S)Nc2cc(S(=O)(=O)N3CCCCC3)ccc2C)cc1Cl. The van der Waals surface area contributed by atoms with Gasteiger partial charge in [0.05, 0.1) is 4.90 Å². The van der Waals surface area contributed by atoms with Crippen molar-refractivity contribution >= 4 is 50.3 Å². The van der Waals surface area contributed by atoms with E-state index in [-0.39, 0.29) is 4.90 Å². The zero-order chi connectivity index (χ0) is 20.3. The third-order valence-electron chi connectivity index (χ3n) is 4.84. The van der Waals surface area contributed by atoms with Crippen LogP contribution in [0.2, 0.25) is 5.02 Å². The van der Waals surface area contributed by atoms with Gasteiger partial charge >= 0.3 is 0 Å². The summed E-state index contributed by atoms with van der Waals surface area (Å²) in [4.78, 5) is 0.281. The van der Waals surface area contributed by atoms with E-state index >= 15 is 0 Å². The molecule has 0 amide bonds. The Bertz CT molecular complexity index is 987. The van der Waals surface area contributed by atoms with Crippen LogP contribution < -0.4 is 10.6 Å². The number of hydrogen-bond donors (Lipinski definition) is 2. The molecule has 1 aliphatic rings. The Balaban J connectivity index is 1.77. The molecule has 2 aromatic carbocycles. The number of sulfonamides is 1. The van der Waals surface area contributed by atoms with Crippen molar-refractivity contribution < 1.29 is 8.42 Å². The molecule has 0 spiro atoms. The number of piperidine rings is 1. The van der Waals surface area contributed by atoms with Crippen LogP contribution in [0.3, 0.4) is 0 Å². The molecule has 0 bridgehead atoms. The molecule has 150 valence electrons. The molecule has 0 unspecified atom stereocenters. The van der Waals surface area contributed by atoms with E-state index in [0.29, 0.717) is 28.9 Å². The molecule has 1 saturated heterocycles. The van der Waals surface area contributed by atoms with Crippen LogP contribution in [0, 0.1) is 13.8 Å². The maximum atomic E-state index is 12.9. The van der Waals surface area contributed by atoms with Gasteiger partial charge in [0.25, 0.3) is 0 Å². The quantitative estimate of drug-likeness (QED) is 0.663. The van der Waals surface area contributed by atoms with Gasteiger partial charge in [-0.05, 0) is 74.3 Å². The molecule has 0 atom stereocenters. The summed E-state index contributed by atoms with van der Waals surface area (Å²) >= 11 is 11.5. The molecule has 0 radical (unpaired) electrons. The number of anilines is 2. The van der Waals surface area contributed by atoms with Crippen molar-refractivity contribution in [3.05, 3.63) is 52.5 Å². The minimum Gasteiger partial charge on any atom is -0.332 e. The highest BCUT2D eigenvalue weighted by Crippen LogP contribution is 2.26. The van der Waals surface area contributed by atoms with Crippen LogP contribution in [0.15, 0.2) is 41.3 Å². The van der Waals surface area contributed by atoms with Gasteiger partial charge in [-0.15, -0.1) is 0 Å². The van der Waals surface area contributed by atoms with Gasteiger partial charge in [0.15, 0.2) is 5.11 Å². The first-order chi connectivity index (χ1) is 13.3. The van der Waals surface area contributed by atoms with Gasteiger partial charge in [-0.25, -0.2) is 8.42 Å². The highest BCUT2D eigenvalue weighted by molar-refractivity contribution is 7.89. The zero-order valence-electron chi connectivity index (χ0n) is 16.0. The number of benzene rings is 2. The highest BCUT2D eigenvalue weighted by atomic mass is 35.5. The lowest BCUT2D eigenvalue weighted by Crippen LogP contribution is -2.35. The molecule has 2 N–H and O–H groups in total. The number of halogens is 1. The monoisotopic (exact) mass is 437 g/mol. The van der Waals surface area contributed by atoms with E-state index in [1.165, 1.54) is 0 Å². The van der Waals surface area contributed by atoms with Crippen molar-refractivity contribution in [1.82, 2.24) is 4.31 Å². The van der Waals surface area contributed by atoms with E-state index in [1.54, 1.807) is 28.6 Å². The first-order valence-corrected chi connectivity index (χ1v) is 11.4. The number of thiocarbonyl (C=S) groups is 1. The second-order valence-electron chi connectivity index (χ2n) is 6.98. The van der Waals surface area contributed by atoms with E-state index in [0.717, 1.165) is 36.1 Å². The third kappa shape index (κ3) is 4.84. The average molecular weight is 438 g/mol. The van der Waals surface area contributed by atoms with Crippen LogP contribution in [-0.2, 0) is 10.0 Å². The number of nitrogens with zero attached hydrogens (tertiary/aromatic N) is 1. The van der Waals surface area contributed by atoms with Crippen molar-refractivity contribution in [3.63, 3.8) is 0 Å². The molecule has 0 saturated carbocycles. The van der Waals surface area contributed by atoms with E-state index in [4.69, 9.17) is 23.8 Å². The van der Waals surface area contributed by atoms with Gasteiger partial charge in [-0.1, -0.05) is 30.2 Å². The molecule has 1 aliphatic heterocycles. The lowest BCUT2D eigenvalue weighted by atomic mass is 10.2. The van der Waals surface area contributed by atoms with Gasteiger partial charge in [-0.3, -0.25) is 0 Å². The molecule has 1 fully saturated rings. The summed E-state index contributed by atoms with van der Waals surface area (Å²) in [5.41, 5.74) is 3.32. The highest BCUT2D eigenvalue weighted by Gasteiger charge is 2.26. The first kappa shape index (κ1) is 21.0. The van der Waals surface area contributed by atoms with E-state index < -0.39 is 10.0 Å². The fourth-order valence-electron chi connectivity index (χ4n) is 3.11. The van der Waals surface area contributed by atoms with E-state index in [2.05, 4.69) is 10.6 Å². The Morgan fingerprint density at radius 2 is 1.68 bits per heavy atom. The van der Waals surface area contributed by atoms with Crippen molar-refractivity contribution in [2.45, 2.75) is 38.0 Å². The smallest absolute Gasteiger partial charge is 0.243 e. The van der Waals surface area contributed by atoms with Gasteiger partial charge < -0.3 is 10.6 Å². The number of aryl methyl sites for hydroxylation is 2. The second-order valence-corrected chi connectivity index (χ2v) is 9.74. The molecule has 3 rings (SSSR count). The predicted octanol–water partition coefficient (Wildman–Crippen LogP) is 4.94. The molecule has 0 aliphatic carbocycles. The number of nitrogens with one attached hydrogen (secondary N) is 2. The summed E-state index contributed by atoms with van der Waals surface area (Å²) in [6.45, 7) is 4.99. The number of rotatable bonds is 4. The Morgan fingerprint density at radius 1 is 1.00 bits per heavy atom. The van der Waals surface area contributed by atoms with Crippen LogP contribution in [0.4, 0.5) is 11.4 Å².